The predicted octanol–water partition coefficient (Wildman–Crippen LogP) is 1.81. The third kappa shape index (κ3) is 4.12. The summed E-state index contributed by atoms with van der Waals surface area (Å²) >= 11 is 3.16. The fourth-order valence-electron chi connectivity index (χ4n) is 1.81. The molecule has 2 aromatic rings. The number of hydrogen-bond acceptors (Lipinski definition) is 5. The Morgan fingerprint density at radius 3 is 2.86 bits per heavy atom. The van der Waals surface area contributed by atoms with Crippen LogP contribution in [-0.2, 0) is 16.0 Å². The molecular weight excluding hydrogens is 306 g/mol. The second kappa shape index (κ2) is 6.36. The van der Waals surface area contributed by atoms with Crippen molar-refractivity contribution in [3.05, 3.63) is 28.6 Å². The quantitative estimate of drug-likeness (QED) is 0.852. The van der Waals surface area contributed by atoms with Crippen LogP contribution in [0.5, 0.6) is 0 Å². The van der Waals surface area contributed by atoms with E-state index in [-0.39, 0.29) is 24.8 Å². The molecule has 1 fully saturated rings. The van der Waals surface area contributed by atoms with Crippen LogP contribution in [0.2, 0.25) is 0 Å². The van der Waals surface area contributed by atoms with Crippen LogP contribution in [0.1, 0.15) is 18.5 Å². The van der Waals surface area contributed by atoms with Crippen molar-refractivity contribution >= 4 is 34.5 Å². The van der Waals surface area contributed by atoms with Crippen LogP contribution < -0.4 is 10.6 Å². The van der Waals surface area contributed by atoms with Gasteiger partial charge in [-0.05, 0) is 24.3 Å². The van der Waals surface area contributed by atoms with Crippen molar-refractivity contribution in [1.82, 2.24) is 15.6 Å². The first kappa shape index (κ1) is 14.2. The lowest BCUT2D eigenvalue weighted by molar-refractivity contribution is -0.125. The number of amides is 2. The molecule has 1 aliphatic rings. The van der Waals surface area contributed by atoms with E-state index in [0.29, 0.717) is 6.04 Å². The lowest BCUT2D eigenvalue weighted by Gasteiger charge is -2.04. The molecule has 3 rings (SSSR count). The maximum Gasteiger partial charge on any atom is 0.239 e. The number of nitrogens with one attached hydrogen (secondary N) is 2. The van der Waals surface area contributed by atoms with Gasteiger partial charge in [0.15, 0.2) is 0 Å². The van der Waals surface area contributed by atoms with E-state index in [1.165, 1.54) is 11.3 Å². The van der Waals surface area contributed by atoms with Crippen molar-refractivity contribution in [3.63, 3.8) is 0 Å². The van der Waals surface area contributed by atoms with Crippen LogP contribution in [0.15, 0.2) is 22.9 Å². The number of thiophene rings is 1. The summed E-state index contributed by atoms with van der Waals surface area (Å²) in [5, 5.41) is 10.3. The summed E-state index contributed by atoms with van der Waals surface area (Å²) in [6.45, 7) is 0.0389. The second-order valence-corrected chi connectivity index (χ2v) is 6.72. The molecule has 7 heteroatoms. The van der Waals surface area contributed by atoms with E-state index in [1.54, 1.807) is 11.3 Å². The molecule has 1 aliphatic carbocycles. The van der Waals surface area contributed by atoms with Gasteiger partial charge in [-0.2, -0.15) is 0 Å². The van der Waals surface area contributed by atoms with Gasteiger partial charge in [-0.1, -0.05) is 6.07 Å². The Balaban J connectivity index is 1.47. The first-order valence-electron chi connectivity index (χ1n) is 6.75. The van der Waals surface area contributed by atoms with Crippen LogP contribution in [0.3, 0.4) is 0 Å². The minimum atomic E-state index is -0.177. The first-order chi connectivity index (χ1) is 10.2. The van der Waals surface area contributed by atoms with Crippen molar-refractivity contribution < 1.29 is 9.59 Å². The van der Waals surface area contributed by atoms with Crippen molar-refractivity contribution in [1.29, 1.82) is 0 Å². The Kier molecular flexibility index (Phi) is 4.31. The van der Waals surface area contributed by atoms with E-state index in [9.17, 15) is 9.59 Å². The van der Waals surface area contributed by atoms with Gasteiger partial charge in [0.05, 0.1) is 23.5 Å². The molecule has 2 N–H and O–H groups in total. The maximum absolute atomic E-state index is 11.8. The molecule has 0 spiro atoms. The summed E-state index contributed by atoms with van der Waals surface area (Å²) < 4.78 is 0. The molecule has 0 radical (unpaired) electrons. The van der Waals surface area contributed by atoms with Crippen molar-refractivity contribution in [3.8, 4) is 9.88 Å². The topological polar surface area (TPSA) is 71.1 Å². The highest BCUT2D eigenvalue weighted by atomic mass is 32.1. The van der Waals surface area contributed by atoms with Crippen LogP contribution in [0.4, 0.5) is 0 Å². The summed E-state index contributed by atoms with van der Waals surface area (Å²) in [6, 6.07) is 4.31. The lowest BCUT2D eigenvalue weighted by atomic mass is 10.3. The first-order valence-corrected chi connectivity index (χ1v) is 8.51. The Bertz CT molecular complexity index is 632. The minimum absolute atomic E-state index is 0.0389. The largest absolute Gasteiger partial charge is 0.352 e. The van der Waals surface area contributed by atoms with E-state index in [2.05, 4.69) is 15.6 Å². The van der Waals surface area contributed by atoms with Crippen molar-refractivity contribution in [2.75, 3.05) is 6.54 Å². The van der Waals surface area contributed by atoms with Crippen molar-refractivity contribution in [2.45, 2.75) is 25.3 Å². The Labute approximate surface area is 130 Å². The van der Waals surface area contributed by atoms with Gasteiger partial charge >= 0.3 is 0 Å². The van der Waals surface area contributed by atoms with Gasteiger partial charge < -0.3 is 10.6 Å². The molecule has 2 heterocycles. The number of carbonyl (C=O) groups is 2. The third-order valence-electron chi connectivity index (χ3n) is 3.01. The highest BCUT2D eigenvalue weighted by molar-refractivity contribution is 7.20. The van der Waals surface area contributed by atoms with Crippen LogP contribution >= 0.6 is 22.7 Å². The normalized spacial score (nSPS) is 13.9. The number of carbonyl (C=O) groups excluding carboxylic acids is 2. The zero-order valence-corrected chi connectivity index (χ0v) is 12.9. The molecule has 0 aliphatic heterocycles. The lowest BCUT2D eigenvalue weighted by Crippen LogP contribution is -2.38. The SMILES string of the molecule is O=C(Cc1csc(-c2cccs2)n1)NCC(=O)NC1CC1. The Hall–Kier alpha value is -1.73. The number of aromatic nitrogens is 1. The highest BCUT2D eigenvalue weighted by Gasteiger charge is 2.23. The number of nitrogens with zero attached hydrogens (tertiary/aromatic N) is 1. The van der Waals surface area contributed by atoms with E-state index < -0.39 is 0 Å². The smallest absolute Gasteiger partial charge is 0.239 e. The Morgan fingerprint density at radius 1 is 1.29 bits per heavy atom. The summed E-state index contributed by atoms with van der Waals surface area (Å²) in [5.74, 6) is -0.299. The van der Waals surface area contributed by atoms with E-state index in [0.717, 1.165) is 28.4 Å². The number of rotatable bonds is 6. The Morgan fingerprint density at radius 2 is 2.14 bits per heavy atom. The second-order valence-electron chi connectivity index (χ2n) is 4.92. The van der Waals surface area contributed by atoms with Crippen LogP contribution in [-0.4, -0.2) is 29.4 Å². The van der Waals surface area contributed by atoms with Crippen molar-refractivity contribution in [2.24, 2.45) is 0 Å². The van der Waals surface area contributed by atoms with Gasteiger partial charge in [0.2, 0.25) is 11.8 Å². The zero-order chi connectivity index (χ0) is 14.7. The summed E-state index contributed by atoms with van der Waals surface area (Å²) in [6.07, 6.45) is 2.30. The standard InChI is InChI=1S/C14H15N3O2S2/c18-12(15-7-13(19)16-9-3-4-9)6-10-8-21-14(17-10)11-2-1-5-20-11/h1-2,5,8-9H,3-4,6-7H2,(H,15,18)(H,16,19). The fourth-order valence-corrected chi connectivity index (χ4v) is 3.45. The van der Waals surface area contributed by atoms with Gasteiger partial charge in [0.1, 0.15) is 5.01 Å². The van der Waals surface area contributed by atoms with E-state index >= 15 is 0 Å². The van der Waals surface area contributed by atoms with Gasteiger partial charge in [0, 0.05) is 11.4 Å². The molecule has 5 nitrogen and oxygen atoms in total. The van der Waals surface area contributed by atoms with Gasteiger partial charge in [-0.15, -0.1) is 22.7 Å². The number of thiazole rings is 1. The molecule has 2 amide bonds. The summed E-state index contributed by atoms with van der Waals surface area (Å²) in [5.41, 5.74) is 0.739. The molecule has 1 saturated carbocycles. The molecule has 0 bridgehead atoms. The molecular formula is C14H15N3O2S2. The molecule has 0 saturated heterocycles. The van der Waals surface area contributed by atoms with Gasteiger partial charge in [0.25, 0.3) is 0 Å². The molecule has 0 unspecified atom stereocenters. The summed E-state index contributed by atoms with van der Waals surface area (Å²) in [4.78, 5) is 28.8. The molecule has 2 aromatic heterocycles. The maximum atomic E-state index is 11.8. The van der Waals surface area contributed by atoms with E-state index in [4.69, 9.17) is 0 Å². The summed E-state index contributed by atoms with van der Waals surface area (Å²) in [7, 11) is 0. The molecule has 21 heavy (non-hydrogen) atoms. The molecule has 0 atom stereocenters. The van der Waals surface area contributed by atoms with Crippen LogP contribution in [0.25, 0.3) is 9.88 Å². The van der Waals surface area contributed by atoms with Gasteiger partial charge in [-0.25, -0.2) is 4.98 Å². The molecule has 110 valence electrons. The van der Waals surface area contributed by atoms with E-state index in [1.807, 2.05) is 22.9 Å². The monoisotopic (exact) mass is 321 g/mol. The minimum Gasteiger partial charge on any atom is -0.352 e. The average molecular weight is 321 g/mol. The van der Waals surface area contributed by atoms with Crippen LogP contribution in [0, 0.1) is 0 Å². The third-order valence-corrected chi connectivity index (χ3v) is 4.94. The fraction of sp³-hybridized carbons (Fsp3) is 0.357. The highest BCUT2D eigenvalue weighted by Crippen LogP contribution is 2.27. The van der Waals surface area contributed by atoms with Gasteiger partial charge in [-0.3, -0.25) is 9.59 Å². The average Bonchev–Trinajstić information content (AvgIpc) is 2.95. The number of hydrogen-bond donors (Lipinski definition) is 2. The predicted molar refractivity (Wildman–Crippen MR) is 83.3 cm³/mol. The molecule has 0 aromatic carbocycles. The zero-order valence-electron chi connectivity index (χ0n) is 11.3.